The van der Waals surface area contributed by atoms with E-state index >= 15 is 0 Å². The van der Waals surface area contributed by atoms with E-state index in [1.807, 2.05) is 27.9 Å². The highest BCUT2D eigenvalue weighted by atomic mass is 15.2. The highest BCUT2D eigenvalue weighted by Gasteiger charge is 2.18. The molecule has 0 saturated carbocycles. The van der Waals surface area contributed by atoms with Crippen molar-refractivity contribution in [3.8, 4) is 6.07 Å². The normalized spacial score (nSPS) is 12.6. The van der Waals surface area contributed by atoms with Gasteiger partial charge >= 0.3 is 0 Å². The fourth-order valence-electron chi connectivity index (χ4n) is 1.84. The monoisotopic (exact) mass is 261 g/mol. The summed E-state index contributed by atoms with van der Waals surface area (Å²) in [5.74, 6) is 1.03. The van der Waals surface area contributed by atoms with Gasteiger partial charge in [0.1, 0.15) is 11.6 Å². The second kappa shape index (κ2) is 6.48. The van der Waals surface area contributed by atoms with Gasteiger partial charge < -0.3 is 10.2 Å². The molecule has 1 atom stereocenters. The van der Waals surface area contributed by atoms with E-state index in [9.17, 15) is 5.26 Å². The Bertz CT molecular complexity index is 473. The molecule has 0 radical (unpaired) electrons. The van der Waals surface area contributed by atoms with Crippen LogP contribution in [0.2, 0.25) is 0 Å². The summed E-state index contributed by atoms with van der Waals surface area (Å²) >= 11 is 0. The van der Waals surface area contributed by atoms with E-state index in [1.54, 1.807) is 0 Å². The van der Waals surface area contributed by atoms with Crippen molar-refractivity contribution in [3.05, 3.63) is 16.8 Å². The zero-order valence-corrected chi connectivity index (χ0v) is 12.7. The molecule has 0 aliphatic carbocycles. The predicted octanol–water partition coefficient (Wildman–Crippen LogP) is 1.96. The van der Waals surface area contributed by atoms with E-state index in [0.717, 1.165) is 17.8 Å². The molecule has 5 nitrogen and oxygen atoms in total. The number of rotatable bonds is 5. The number of anilines is 1. The van der Waals surface area contributed by atoms with Crippen LogP contribution in [-0.4, -0.2) is 41.8 Å². The third-order valence-electron chi connectivity index (χ3n) is 3.26. The maximum Gasteiger partial charge on any atom is 0.167 e. The number of aryl methyl sites for hydroxylation is 1. The molecule has 0 bridgehead atoms. The van der Waals surface area contributed by atoms with Gasteiger partial charge in [-0.1, -0.05) is 13.8 Å². The highest BCUT2D eigenvalue weighted by Crippen LogP contribution is 2.19. The molecule has 19 heavy (non-hydrogen) atoms. The van der Waals surface area contributed by atoms with Gasteiger partial charge in [0.2, 0.25) is 0 Å². The molecule has 0 spiro atoms. The van der Waals surface area contributed by atoms with Crippen LogP contribution in [0.1, 0.15) is 30.7 Å². The Balaban J connectivity index is 3.04. The van der Waals surface area contributed by atoms with Crippen LogP contribution in [0.5, 0.6) is 0 Å². The Kier molecular flexibility index (Phi) is 5.25. The van der Waals surface area contributed by atoms with Crippen molar-refractivity contribution >= 4 is 5.82 Å². The lowest BCUT2D eigenvalue weighted by molar-refractivity contribution is 0.344. The number of nitrogens with one attached hydrogen (secondary N) is 1. The first-order valence-electron chi connectivity index (χ1n) is 6.52. The van der Waals surface area contributed by atoms with Gasteiger partial charge in [-0.2, -0.15) is 10.4 Å². The van der Waals surface area contributed by atoms with Gasteiger partial charge in [0.15, 0.2) is 5.82 Å². The van der Waals surface area contributed by atoms with E-state index in [4.69, 9.17) is 0 Å². The standard InChI is InChI=1S/C14H23N5/c1-9(2)13(8-19(5)6)16-14-12(7-15)10(3)11(4)17-18-14/h9,13H,8H2,1-6H3,(H,16,18). The van der Waals surface area contributed by atoms with Crippen LogP contribution in [0.15, 0.2) is 0 Å². The lowest BCUT2D eigenvalue weighted by atomic mass is 10.0. The van der Waals surface area contributed by atoms with Crippen LogP contribution in [0.25, 0.3) is 0 Å². The molecule has 0 aliphatic rings. The van der Waals surface area contributed by atoms with Crippen LogP contribution in [0.4, 0.5) is 5.82 Å². The molecule has 0 saturated heterocycles. The Morgan fingerprint density at radius 3 is 2.37 bits per heavy atom. The fraction of sp³-hybridized carbons (Fsp3) is 0.643. The Morgan fingerprint density at radius 2 is 1.89 bits per heavy atom. The first kappa shape index (κ1) is 15.4. The molecule has 1 unspecified atom stereocenters. The summed E-state index contributed by atoms with van der Waals surface area (Å²) in [5, 5.41) is 20.9. The van der Waals surface area contributed by atoms with Gasteiger partial charge in [0, 0.05) is 12.6 Å². The van der Waals surface area contributed by atoms with Crippen molar-refractivity contribution in [1.82, 2.24) is 15.1 Å². The van der Waals surface area contributed by atoms with E-state index < -0.39 is 0 Å². The van der Waals surface area contributed by atoms with Gasteiger partial charge in [0.25, 0.3) is 0 Å². The summed E-state index contributed by atoms with van der Waals surface area (Å²) in [6.07, 6.45) is 0. The maximum atomic E-state index is 9.29. The molecule has 5 heteroatoms. The van der Waals surface area contributed by atoms with Gasteiger partial charge in [-0.3, -0.25) is 0 Å². The minimum Gasteiger partial charge on any atom is -0.363 e. The number of nitriles is 1. The van der Waals surface area contributed by atoms with Gasteiger partial charge in [-0.05, 0) is 39.4 Å². The molecular formula is C14H23N5. The van der Waals surface area contributed by atoms with Crippen molar-refractivity contribution in [2.24, 2.45) is 5.92 Å². The largest absolute Gasteiger partial charge is 0.363 e. The van der Waals surface area contributed by atoms with Crippen LogP contribution in [0, 0.1) is 31.1 Å². The molecule has 1 aromatic heterocycles. The van der Waals surface area contributed by atoms with Gasteiger partial charge in [-0.25, -0.2) is 0 Å². The molecule has 1 rings (SSSR count). The van der Waals surface area contributed by atoms with Crippen LogP contribution in [-0.2, 0) is 0 Å². The lowest BCUT2D eigenvalue weighted by Crippen LogP contribution is -2.37. The lowest BCUT2D eigenvalue weighted by Gasteiger charge is -2.26. The van der Waals surface area contributed by atoms with E-state index in [2.05, 4.69) is 40.3 Å². The minimum absolute atomic E-state index is 0.235. The summed E-state index contributed by atoms with van der Waals surface area (Å²) < 4.78 is 0. The summed E-state index contributed by atoms with van der Waals surface area (Å²) in [6.45, 7) is 8.97. The second-order valence-electron chi connectivity index (χ2n) is 5.50. The highest BCUT2D eigenvalue weighted by molar-refractivity contribution is 5.56. The second-order valence-corrected chi connectivity index (χ2v) is 5.50. The molecule has 0 fully saturated rings. The van der Waals surface area contributed by atoms with Crippen molar-refractivity contribution in [2.75, 3.05) is 26.0 Å². The van der Waals surface area contributed by atoms with Crippen molar-refractivity contribution < 1.29 is 0 Å². The zero-order chi connectivity index (χ0) is 14.6. The summed E-state index contributed by atoms with van der Waals surface area (Å²) in [6, 6.07) is 2.46. The van der Waals surface area contributed by atoms with Crippen LogP contribution < -0.4 is 5.32 Å². The van der Waals surface area contributed by atoms with Crippen molar-refractivity contribution in [2.45, 2.75) is 33.7 Å². The summed E-state index contributed by atoms with van der Waals surface area (Å²) in [4.78, 5) is 2.12. The third-order valence-corrected chi connectivity index (χ3v) is 3.26. The topological polar surface area (TPSA) is 64.8 Å². The van der Waals surface area contributed by atoms with Crippen molar-refractivity contribution in [1.29, 1.82) is 5.26 Å². The molecule has 1 N–H and O–H groups in total. The van der Waals surface area contributed by atoms with E-state index in [1.165, 1.54) is 0 Å². The molecule has 0 amide bonds. The molecule has 104 valence electrons. The first-order valence-corrected chi connectivity index (χ1v) is 6.52. The maximum absolute atomic E-state index is 9.29. The number of hydrogen-bond donors (Lipinski definition) is 1. The number of likely N-dealkylation sites (N-methyl/N-ethyl adjacent to an activating group) is 1. The van der Waals surface area contributed by atoms with E-state index in [-0.39, 0.29) is 6.04 Å². The zero-order valence-electron chi connectivity index (χ0n) is 12.7. The average Bonchev–Trinajstić information content (AvgIpc) is 2.32. The molecule has 1 aromatic rings. The summed E-state index contributed by atoms with van der Waals surface area (Å²) in [7, 11) is 4.07. The fourth-order valence-corrected chi connectivity index (χ4v) is 1.84. The molecular weight excluding hydrogens is 238 g/mol. The van der Waals surface area contributed by atoms with Crippen LogP contribution >= 0.6 is 0 Å². The summed E-state index contributed by atoms with van der Waals surface area (Å²) in [5.41, 5.74) is 2.29. The number of hydrogen-bond acceptors (Lipinski definition) is 5. The number of nitrogens with zero attached hydrogens (tertiary/aromatic N) is 4. The van der Waals surface area contributed by atoms with Crippen LogP contribution in [0.3, 0.4) is 0 Å². The average molecular weight is 261 g/mol. The minimum atomic E-state index is 0.235. The number of aromatic nitrogens is 2. The Morgan fingerprint density at radius 1 is 1.26 bits per heavy atom. The van der Waals surface area contributed by atoms with Crippen molar-refractivity contribution in [3.63, 3.8) is 0 Å². The smallest absolute Gasteiger partial charge is 0.167 e. The SMILES string of the molecule is Cc1nnc(NC(CN(C)C)C(C)C)c(C#N)c1C. The molecule has 0 aliphatic heterocycles. The Hall–Kier alpha value is -1.67. The Labute approximate surface area is 115 Å². The van der Waals surface area contributed by atoms with Gasteiger partial charge in [-0.15, -0.1) is 5.10 Å². The first-order chi connectivity index (χ1) is 8.86. The third kappa shape index (κ3) is 3.90. The van der Waals surface area contributed by atoms with E-state index in [0.29, 0.717) is 17.3 Å². The quantitative estimate of drug-likeness (QED) is 0.877. The van der Waals surface area contributed by atoms with Gasteiger partial charge in [0.05, 0.1) is 5.69 Å². The molecule has 0 aromatic carbocycles. The predicted molar refractivity (Wildman–Crippen MR) is 77.0 cm³/mol. The molecule has 1 heterocycles.